The number of ether oxygens (including phenoxy) is 1. The second-order valence-corrected chi connectivity index (χ2v) is 8.58. The largest absolute Gasteiger partial charge is 0.373 e. The fourth-order valence-electron chi connectivity index (χ4n) is 4.54. The Morgan fingerprint density at radius 1 is 1.07 bits per heavy atom. The van der Waals surface area contributed by atoms with Crippen molar-refractivity contribution in [2.45, 2.75) is 52.4 Å². The molecule has 0 N–H and O–H groups in total. The Hall–Kier alpha value is -1.76. The van der Waals surface area contributed by atoms with E-state index >= 15 is 0 Å². The molecule has 0 spiro atoms. The van der Waals surface area contributed by atoms with Crippen molar-refractivity contribution in [2.75, 3.05) is 32.7 Å². The molecule has 1 aromatic carbocycles. The third-order valence-corrected chi connectivity index (χ3v) is 5.82. The van der Waals surface area contributed by atoms with Crippen LogP contribution in [-0.4, -0.2) is 64.9 Å². The fourth-order valence-corrected chi connectivity index (χ4v) is 4.54. The lowest BCUT2D eigenvalue weighted by atomic mass is 9.95. The quantitative estimate of drug-likeness (QED) is 0.788. The second kappa shape index (κ2) is 8.72. The van der Waals surface area contributed by atoms with Gasteiger partial charge in [-0.25, -0.2) is 0 Å². The minimum absolute atomic E-state index is 0.351. The van der Waals surface area contributed by atoms with Gasteiger partial charge in [-0.05, 0) is 58.7 Å². The average molecular weight is 385 g/mol. The fraction of sp³-hybridized carbons (Fsp3) is 0.636. The highest BCUT2D eigenvalue weighted by Crippen LogP contribution is 2.23. The van der Waals surface area contributed by atoms with Crippen molar-refractivity contribution in [2.24, 2.45) is 5.92 Å². The summed E-state index contributed by atoms with van der Waals surface area (Å²) in [6.07, 6.45) is 3.17. The van der Waals surface area contributed by atoms with Gasteiger partial charge >= 0.3 is 0 Å². The van der Waals surface area contributed by atoms with E-state index in [9.17, 15) is 0 Å². The van der Waals surface area contributed by atoms with Crippen molar-refractivity contribution in [1.82, 2.24) is 19.9 Å². The van der Waals surface area contributed by atoms with Gasteiger partial charge in [0, 0.05) is 25.2 Å². The van der Waals surface area contributed by atoms with Crippen LogP contribution in [0.2, 0.25) is 0 Å². The molecule has 2 fully saturated rings. The van der Waals surface area contributed by atoms with E-state index < -0.39 is 0 Å². The van der Waals surface area contributed by atoms with E-state index in [0.717, 1.165) is 44.2 Å². The summed E-state index contributed by atoms with van der Waals surface area (Å²) in [6, 6.07) is 8.22. The van der Waals surface area contributed by atoms with E-state index in [1.807, 2.05) is 12.1 Å². The molecule has 6 nitrogen and oxygen atoms in total. The molecule has 0 radical (unpaired) electrons. The molecule has 2 aromatic rings. The van der Waals surface area contributed by atoms with Gasteiger partial charge in [0.2, 0.25) is 11.7 Å². The molecular weight excluding hydrogens is 352 g/mol. The summed E-state index contributed by atoms with van der Waals surface area (Å²) in [5.41, 5.74) is 2.22. The van der Waals surface area contributed by atoms with Gasteiger partial charge in [-0.2, -0.15) is 4.98 Å². The van der Waals surface area contributed by atoms with Crippen molar-refractivity contribution < 1.29 is 9.26 Å². The van der Waals surface area contributed by atoms with Crippen LogP contribution < -0.4 is 0 Å². The molecule has 6 heteroatoms. The smallest absolute Gasteiger partial charge is 0.241 e. The van der Waals surface area contributed by atoms with Crippen LogP contribution in [0.25, 0.3) is 11.4 Å². The first-order valence-corrected chi connectivity index (χ1v) is 10.5. The third kappa shape index (κ3) is 4.99. The number of nitrogens with zero attached hydrogens (tertiary/aromatic N) is 4. The van der Waals surface area contributed by atoms with Gasteiger partial charge < -0.3 is 9.26 Å². The third-order valence-electron chi connectivity index (χ3n) is 5.82. The Morgan fingerprint density at radius 3 is 2.54 bits per heavy atom. The van der Waals surface area contributed by atoms with Crippen LogP contribution in [0.1, 0.15) is 38.1 Å². The van der Waals surface area contributed by atoms with Crippen LogP contribution in [0, 0.1) is 12.8 Å². The first-order chi connectivity index (χ1) is 13.5. The Kier molecular flexibility index (Phi) is 6.09. The van der Waals surface area contributed by atoms with Gasteiger partial charge in [-0.15, -0.1) is 0 Å². The number of morpholine rings is 1. The molecule has 4 rings (SSSR count). The molecular formula is C22H32N4O2. The molecule has 2 aliphatic rings. The predicted molar refractivity (Wildman–Crippen MR) is 109 cm³/mol. The van der Waals surface area contributed by atoms with E-state index in [1.165, 1.54) is 24.9 Å². The molecule has 152 valence electrons. The first-order valence-electron chi connectivity index (χ1n) is 10.5. The molecule has 2 saturated heterocycles. The van der Waals surface area contributed by atoms with Crippen molar-refractivity contribution in [3.8, 4) is 11.4 Å². The van der Waals surface area contributed by atoms with Crippen molar-refractivity contribution in [3.63, 3.8) is 0 Å². The normalized spacial score (nSPS) is 25.2. The summed E-state index contributed by atoms with van der Waals surface area (Å²) in [5, 5.41) is 4.17. The van der Waals surface area contributed by atoms with Crippen LogP contribution in [0.15, 0.2) is 28.8 Å². The first kappa shape index (κ1) is 19.6. The van der Waals surface area contributed by atoms with Crippen molar-refractivity contribution in [1.29, 1.82) is 0 Å². The molecule has 0 saturated carbocycles. The van der Waals surface area contributed by atoms with Gasteiger partial charge in [0.25, 0.3) is 0 Å². The molecule has 0 aliphatic carbocycles. The van der Waals surface area contributed by atoms with Gasteiger partial charge in [-0.3, -0.25) is 9.80 Å². The number of piperidine rings is 1. The van der Waals surface area contributed by atoms with E-state index in [1.54, 1.807) is 0 Å². The van der Waals surface area contributed by atoms with Crippen LogP contribution in [-0.2, 0) is 11.3 Å². The molecule has 3 heterocycles. The molecule has 0 amide bonds. The summed E-state index contributed by atoms with van der Waals surface area (Å²) < 4.78 is 11.4. The minimum atomic E-state index is 0.351. The highest BCUT2D eigenvalue weighted by atomic mass is 16.5. The van der Waals surface area contributed by atoms with Crippen molar-refractivity contribution >= 4 is 0 Å². The molecule has 0 unspecified atom stereocenters. The topological polar surface area (TPSA) is 54.6 Å². The SMILES string of the molecule is Cc1cccc(-c2noc(CN3CCC(CN4C[C@H](C)O[C@@H](C)C4)CC3)n2)c1. The Labute approximate surface area is 167 Å². The summed E-state index contributed by atoms with van der Waals surface area (Å²) in [7, 11) is 0. The Balaban J connectivity index is 1.26. The zero-order chi connectivity index (χ0) is 19.5. The Bertz CT molecular complexity index is 759. The van der Waals surface area contributed by atoms with E-state index in [-0.39, 0.29) is 0 Å². The lowest BCUT2D eigenvalue weighted by Crippen LogP contribution is -2.48. The molecule has 0 bridgehead atoms. The second-order valence-electron chi connectivity index (χ2n) is 8.58. The standard InChI is InChI=1S/C22H32N4O2/c1-16-5-4-6-20(11-16)22-23-21(28-24-22)15-25-9-7-19(8-10-25)14-26-12-17(2)27-18(3)13-26/h4-6,11,17-19H,7-10,12-15H2,1-3H3/t17-,18-/m0/s1. The van der Waals surface area contributed by atoms with Crippen molar-refractivity contribution in [3.05, 3.63) is 35.7 Å². The molecule has 2 atom stereocenters. The lowest BCUT2D eigenvalue weighted by Gasteiger charge is -2.39. The number of benzene rings is 1. The summed E-state index contributed by atoms with van der Waals surface area (Å²) in [5.74, 6) is 2.18. The summed E-state index contributed by atoms with van der Waals surface area (Å²) >= 11 is 0. The van der Waals surface area contributed by atoms with E-state index in [4.69, 9.17) is 9.26 Å². The number of hydrogen-bond acceptors (Lipinski definition) is 6. The van der Waals surface area contributed by atoms with Gasteiger partial charge in [0.15, 0.2) is 0 Å². The molecule has 2 aliphatic heterocycles. The number of aromatic nitrogens is 2. The van der Waals surface area contributed by atoms with Gasteiger partial charge in [0.05, 0.1) is 18.8 Å². The highest BCUT2D eigenvalue weighted by Gasteiger charge is 2.27. The van der Waals surface area contributed by atoms with E-state index in [0.29, 0.717) is 23.9 Å². The highest BCUT2D eigenvalue weighted by molar-refractivity contribution is 5.55. The maximum absolute atomic E-state index is 5.86. The number of aryl methyl sites for hydroxylation is 1. The summed E-state index contributed by atoms with van der Waals surface area (Å²) in [4.78, 5) is 9.63. The average Bonchev–Trinajstić information content (AvgIpc) is 3.11. The molecule has 1 aromatic heterocycles. The van der Waals surface area contributed by atoms with E-state index in [2.05, 4.69) is 52.8 Å². The van der Waals surface area contributed by atoms with Crippen LogP contribution in [0.5, 0.6) is 0 Å². The maximum atomic E-state index is 5.86. The number of rotatable bonds is 5. The van der Waals surface area contributed by atoms with Crippen LogP contribution in [0.3, 0.4) is 0 Å². The number of likely N-dealkylation sites (tertiary alicyclic amines) is 1. The zero-order valence-corrected chi connectivity index (χ0v) is 17.3. The zero-order valence-electron chi connectivity index (χ0n) is 17.3. The van der Waals surface area contributed by atoms with Crippen LogP contribution >= 0.6 is 0 Å². The summed E-state index contributed by atoms with van der Waals surface area (Å²) in [6.45, 7) is 12.7. The Morgan fingerprint density at radius 2 is 1.82 bits per heavy atom. The number of hydrogen-bond donors (Lipinski definition) is 0. The predicted octanol–water partition coefficient (Wildman–Crippen LogP) is 3.37. The molecule has 28 heavy (non-hydrogen) atoms. The monoisotopic (exact) mass is 384 g/mol. The van der Waals surface area contributed by atoms with Crippen LogP contribution in [0.4, 0.5) is 0 Å². The van der Waals surface area contributed by atoms with Gasteiger partial charge in [-0.1, -0.05) is 28.9 Å². The maximum Gasteiger partial charge on any atom is 0.241 e. The van der Waals surface area contributed by atoms with Gasteiger partial charge in [0.1, 0.15) is 0 Å². The minimum Gasteiger partial charge on any atom is -0.373 e. The lowest BCUT2D eigenvalue weighted by molar-refractivity contribution is -0.0732.